The van der Waals surface area contributed by atoms with Gasteiger partial charge in [-0.2, -0.15) is 4.98 Å². The highest BCUT2D eigenvalue weighted by Gasteiger charge is 2.29. The first-order chi connectivity index (χ1) is 13.7. The average Bonchev–Trinajstić information content (AvgIpc) is 3.02. The number of nitrogen functional groups attached to an aromatic ring is 1. The summed E-state index contributed by atoms with van der Waals surface area (Å²) < 4.78 is 1.43. The summed E-state index contributed by atoms with van der Waals surface area (Å²) in [5, 5.41) is 19.6. The Kier molecular flexibility index (Phi) is 7.14. The van der Waals surface area contributed by atoms with E-state index in [4.69, 9.17) is 22.6 Å². The number of rotatable bonds is 10. The number of hydrogen-bond acceptors (Lipinski definition) is 7. The Morgan fingerprint density at radius 2 is 2.17 bits per heavy atom. The second-order valence-electron chi connectivity index (χ2n) is 6.34. The van der Waals surface area contributed by atoms with Crippen LogP contribution in [0.3, 0.4) is 0 Å². The molecule has 1 atom stereocenters. The van der Waals surface area contributed by atoms with Crippen LogP contribution in [-0.4, -0.2) is 68.1 Å². The van der Waals surface area contributed by atoms with Crippen LogP contribution in [0.2, 0.25) is 0 Å². The molecule has 13 nitrogen and oxygen atoms in total. The lowest BCUT2D eigenvalue weighted by atomic mass is 10.1. The molecule has 2 heterocycles. The smallest absolute Gasteiger partial charge is 0.326 e. The van der Waals surface area contributed by atoms with Gasteiger partial charge in [0.25, 0.3) is 5.56 Å². The van der Waals surface area contributed by atoms with Gasteiger partial charge in [0, 0.05) is 25.8 Å². The molecule has 0 aliphatic rings. The Morgan fingerprint density at radius 1 is 1.45 bits per heavy atom. The molecule has 13 heteroatoms. The number of amides is 1. The van der Waals surface area contributed by atoms with Crippen molar-refractivity contribution < 1.29 is 14.7 Å². The van der Waals surface area contributed by atoms with Crippen LogP contribution >= 0.6 is 0 Å². The van der Waals surface area contributed by atoms with Crippen LogP contribution in [-0.2, 0) is 16.1 Å². The molecule has 158 valence electrons. The molecule has 0 spiro atoms. The zero-order valence-corrected chi connectivity index (χ0v) is 15.7. The minimum absolute atomic E-state index is 0.0469. The molecule has 2 rings (SSSR count). The van der Waals surface area contributed by atoms with Crippen molar-refractivity contribution in [2.75, 3.05) is 25.4 Å². The number of fused-ring (bicyclic) bond motifs is 1. The lowest BCUT2D eigenvalue weighted by molar-refractivity contribution is -0.150. The lowest BCUT2D eigenvalue weighted by Gasteiger charge is -2.29. The maximum atomic E-state index is 12.9. The fraction of sp³-hybridized carbons (Fsp3) is 0.438. The van der Waals surface area contributed by atoms with Gasteiger partial charge in [-0.25, -0.2) is 4.79 Å². The van der Waals surface area contributed by atoms with Gasteiger partial charge in [-0.1, -0.05) is 0 Å². The van der Waals surface area contributed by atoms with Crippen molar-refractivity contribution >= 4 is 34.8 Å². The number of hydrogen-bond donors (Lipinski definition) is 7. The van der Waals surface area contributed by atoms with Crippen LogP contribution in [0.4, 0.5) is 5.95 Å². The highest BCUT2D eigenvalue weighted by molar-refractivity contribution is 5.85. The van der Waals surface area contributed by atoms with Gasteiger partial charge in [-0.05, 0) is 18.9 Å². The van der Waals surface area contributed by atoms with E-state index in [1.807, 2.05) is 0 Å². The number of carbonyl (C=O) groups is 2. The largest absolute Gasteiger partial charge is 0.480 e. The lowest BCUT2D eigenvalue weighted by Crippen LogP contribution is -2.48. The molecule has 2 aromatic rings. The van der Waals surface area contributed by atoms with Crippen molar-refractivity contribution in [2.24, 2.45) is 11.5 Å². The average molecular weight is 407 g/mol. The third kappa shape index (κ3) is 5.44. The number of nitrogens with one attached hydrogen (secondary N) is 3. The monoisotopic (exact) mass is 407 g/mol. The summed E-state index contributed by atoms with van der Waals surface area (Å²) in [6, 6.07) is 0.409. The maximum absolute atomic E-state index is 12.9. The fourth-order valence-corrected chi connectivity index (χ4v) is 2.98. The second-order valence-corrected chi connectivity index (χ2v) is 6.34. The minimum Gasteiger partial charge on any atom is -0.480 e. The topological polar surface area (TPSA) is 222 Å². The second kappa shape index (κ2) is 9.54. The zero-order chi connectivity index (χ0) is 21.6. The molecule has 0 saturated carbocycles. The van der Waals surface area contributed by atoms with E-state index >= 15 is 0 Å². The molecule has 0 fully saturated rings. The van der Waals surface area contributed by atoms with Crippen molar-refractivity contribution in [3.05, 3.63) is 22.6 Å². The van der Waals surface area contributed by atoms with Crippen molar-refractivity contribution in [3.63, 3.8) is 0 Å². The van der Waals surface area contributed by atoms with Crippen molar-refractivity contribution in [2.45, 2.75) is 25.4 Å². The molecule has 10 N–H and O–H groups in total. The van der Waals surface area contributed by atoms with E-state index in [2.05, 4.69) is 15.3 Å². The summed E-state index contributed by atoms with van der Waals surface area (Å²) in [5.41, 5.74) is 16.1. The number of guanidine groups is 1. The van der Waals surface area contributed by atoms with E-state index in [0.29, 0.717) is 13.0 Å². The molecule has 0 saturated heterocycles. The fourth-order valence-electron chi connectivity index (χ4n) is 2.98. The van der Waals surface area contributed by atoms with Crippen LogP contribution in [0.1, 0.15) is 12.8 Å². The number of carbonyl (C=O) groups excluding carboxylic acids is 1. The number of anilines is 1. The highest BCUT2D eigenvalue weighted by Crippen LogP contribution is 2.13. The van der Waals surface area contributed by atoms with Crippen molar-refractivity contribution in [3.8, 4) is 0 Å². The van der Waals surface area contributed by atoms with Gasteiger partial charge >= 0.3 is 5.97 Å². The quantitative estimate of drug-likeness (QED) is 0.129. The molecule has 2 aromatic heterocycles. The molecule has 0 aromatic carbocycles. The molecule has 0 aliphatic carbocycles. The van der Waals surface area contributed by atoms with Crippen LogP contribution in [0, 0.1) is 5.41 Å². The van der Waals surface area contributed by atoms with Gasteiger partial charge in [0.1, 0.15) is 18.2 Å². The molecule has 0 aliphatic heterocycles. The summed E-state index contributed by atoms with van der Waals surface area (Å²) >= 11 is 0. The van der Waals surface area contributed by atoms with Crippen LogP contribution < -0.4 is 28.1 Å². The number of carboxylic acid groups (broad SMARTS) is 1. The predicted molar refractivity (Wildman–Crippen MR) is 106 cm³/mol. The summed E-state index contributed by atoms with van der Waals surface area (Å²) in [7, 11) is 0. The number of aromatic amines is 1. The molecular formula is C16H25N9O4. The van der Waals surface area contributed by atoms with Gasteiger partial charge in [-0.3, -0.25) is 20.0 Å². The summed E-state index contributed by atoms with van der Waals surface area (Å²) in [6.07, 6.45) is 2.04. The zero-order valence-electron chi connectivity index (χ0n) is 15.7. The van der Waals surface area contributed by atoms with Gasteiger partial charge < -0.3 is 37.1 Å². The van der Waals surface area contributed by atoms with Gasteiger partial charge in [-0.15, -0.1) is 0 Å². The Hall–Kier alpha value is -3.61. The summed E-state index contributed by atoms with van der Waals surface area (Å²) in [4.78, 5) is 44.1. The minimum atomic E-state index is -1.16. The maximum Gasteiger partial charge on any atom is 0.326 e. The Bertz CT molecular complexity index is 952. The Morgan fingerprint density at radius 3 is 2.79 bits per heavy atom. The predicted octanol–water partition coefficient (Wildman–Crippen LogP) is -2.19. The summed E-state index contributed by atoms with van der Waals surface area (Å²) in [6.45, 7) is 0.205. The van der Waals surface area contributed by atoms with E-state index in [1.54, 1.807) is 0 Å². The molecular weight excluding hydrogens is 382 g/mol. The highest BCUT2D eigenvalue weighted by atomic mass is 16.4. The standard InChI is InChI=1S/C16H25N9O4/c17-4-7-25(10(14(28)29)2-1-5-21-15(18)19)11(26)8-24-6-3-9-12(24)22-16(20)23-13(9)27/h3,6,10H,1-2,4-5,7-8,17H2,(H,28,29)(H4,18,19,21)(H3,20,22,23,27)/t10-/m1/s1. The Labute approximate surface area is 165 Å². The third-order valence-electron chi connectivity index (χ3n) is 4.27. The van der Waals surface area contributed by atoms with E-state index < -0.39 is 23.5 Å². The van der Waals surface area contributed by atoms with E-state index in [1.165, 1.54) is 21.7 Å². The van der Waals surface area contributed by atoms with E-state index in [0.717, 1.165) is 0 Å². The number of nitrogens with two attached hydrogens (primary N) is 3. The first-order valence-corrected chi connectivity index (χ1v) is 8.89. The van der Waals surface area contributed by atoms with Crippen LogP contribution in [0.5, 0.6) is 0 Å². The molecule has 0 radical (unpaired) electrons. The number of aromatic nitrogens is 3. The first kappa shape index (κ1) is 21.7. The van der Waals surface area contributed by atoms with E-state index in [9.17, 15) is 19.5 Å². The Balaban J connectivity index is 2.20. The molecule has 0 bridgehead atoms. The van der Waals surface area contributed by atoms with Crippen molar-refractivity contribution in [1.82, 2.24) is 24.8 Å². The molecule has 0 unspecified atom stereocenters. The third-order valence-corrected chi connectivity index (χ3v) is 4.27. The number of carboxylic acids is 1. The van der Waals surface area contributed by atoms with Crippen LogP contribution in [0.25, 0.3) is 11.0 Å². The summed E-state index contributed by atoms with van der Waals surface area (Å²) in [5.74, 6) is -1.95. The molecule has 1 amide bonds. The van der Waals surface area contributed by atoms with E-state index in [-0.39, 0.29) is 49.0 Å². The number of H-pyrrole nitrogens is 1. The van der Waals surface area contributed by atoms with Crippen LogP contribution in [0.15, 0.2) is 17.1 Å². The molecule has 29 heavy (non-hydrogen) atoms. The van der Waals surface area contributed by atoms with Gasteiger partial charge in [0.05, 0.1) is 5.39 Å². The first-order valence-electron chi connectivity index (χ1n) is 8.89. The number of nitrogens with zero attached hydrogens (tertiary/aromatic N) is 3. The van der Waals surface area contributed by atoms with Crippen molar-refractivity contribution in [1.29, 1.82) is 5.41 Å². The number of aliphatic carboxylic acids is 1. The van der Waals surface area contributed by atoms with Gasteiger partial charge in [0.15, 0.2) is 5.96 Å². The van der Waals surface area contributed by atoms with Gasteiger partial charge in [0.2, 0.25) is 11.9 Å². The SMILES string of the molecule is N=C(N)NCCC[C@H](C(=O)O)N(CCN)C(=O)Cn1ccc2c(=O)[nH]c(N)nc21. The normalized spacial score (nSPS) is 11.9.